The van der Waals surface area contributed by atoms with Gasteiger partial charge < -0.3 is 0 Å². The first-order valence-corrected chi connectivity index (χ1v) is 16.1. The molecule has 2 aromatic rings. The molecule has 0 amide bonds. The Kier molecular flexibility index (Phi) is 13.2. The summed E-state index contributed by atoms with van der Waals surface area (Å²) in [5.74, 6) is 0. The van der Waals surface area contributed by atoms with Crippen LogP contribution in [-0.2, 0) is 25.6 Å². The van der Waals surface area contributed by atoms with E-state index in [9.17, 15) is 13.2 Å². The zero-order chi connectivity index (χ0) is 28.8. The Hall–Kier alpha value is -2.67. The molecule has 0 fully saturated rings. The quantitative estimate of drug-likeness (QED) is 0.0831. The van der Waals surface area contributed by atoms with Gasteiger partial charge in [0.05, 0.1) is 5.02 Å². The van der Waals surface area contributed by atoms with Crippen LogP contribution in [0.1, 0.15) is 82.3 Å². The SMILES string of the molecule is CCCCCCCCCCCCc1ccc(S(=O)(=O)ON=C2C=CC(=C(C=O)c3ccc(Cl)cc3Cl)C=C2)cc1. The predicted octanol–water partition coefficient (Wildman–Crippen LogP) is 9.30. The van der Waals surface area contributed by atoms with Crippen LogP contribution in [0.2, 0.25) is 10.0 Å². The lowest BCUT2D eigenvalue weighted by Gasteiger charge is -2.10. The summed E-state index contributed by atoms with van der Waals surface area (Å²) in [5, 5.41) is 4.60. The van der Waals surface area contributed by atoms with Crippen LogP contribution in [0.25, 0.3) is 5.57 Å². The third kappa shape index (κ3) is 10.1. The first-order valence-electron chi connectivity index (χ1n) is 14.0. The van der Waals surface area contributed by atoms with E-state index in [0.29, 0.717) is 33.0 Å². The number of benzene rings is 2. The van der Waals surface area contributed by atoms with Crippen molar-refractivity contribution < 1.29 is 17.5 Å². The number of aryl methyl sites for hydroxylation is 1. The van der Waals surface area contributed by atoms with Crippen molar-refractivity contribution in [2.75, 3.05) is 0 Å². The molecule has 0 aliphatic heterocycles. The summed E-state index contributed by atoms with van der Waals surface area (Å²) in [6.45, 7) is 2.24. The highest BCUT2D eigenvalue weighted by Crippen LogP contribution is 2.29. The van der Waals surface area contributed by atoms with Gasteiger partial charge in [-0.15, -0.1) is 0 Å². The van der Waals surface area contributed by atoms with Crippen LogP contribution >= 0.6 is 23.2 Å². The molecule has 1 aliphatic rings. The van der Waals surface area contributed by atoms with Crippen LogP contribution in [0, 0.1) is 0 Å². The molecule has 0 aromatic heterocycles. The highest BCUT2D eigenvalue weighted by molar-refractivity contribution is 7.86. The summed E-state index contributed by atoms with van der Waals surface area (Å²) >= 11 is 12.2. The first-order chi connectivity index (χ1) is 19.3. The number of oxime groups is 1. The number of aldehydes is 1. The van der Waals surface area contributed by atoms with E-state index in [1.165, 1.54) is 57.8 Å². The standard InChI is InChI=1S/C32H37Cl2NO4S/c1-2-3-4-5-6-7-8-9-10-11-12-25-13-20-29(21-14-25)40(37,38)39-35-28-18-15-26(16-19-28)31(24-36)30-22-17-27(33)23-32(30)34/h13-24H,2-12H2,1H3. The van der Waals surface area contributed by atoms with Crippen molar-refractivity contribution >= 4 is 50.9 Å². The van der Waals surface area contributed by atoms with E-state index in [1.54, 1.807) is 54.6 Å². The number of hydrogen-bond acceptors (Lipinski definition) is 5. The van der Waals surface area contributed by atoms with Crippen molar-refractivity contribution in [1.82, 2.24) is 0 Å². The molecule has 0 spiro atoms. The summed E-state index contributed by atoms with van der Waals surface area (Å²) < 4.78 is 30.2. The largest absolute Gasteiger partial charge is 0.358 e. The van der Waals surface area contributed by atoms with Gasteiger partial charge in [0.25, 0.3) is 0 Å². The van der Waals surface area contributed by atoms with Crippen molar-refractivity contribution in [3.63, 3.8) is 0 Å². The molecule has 0 unspecified atom stereocenters. The topological polar surface area (TPSA) is 72.8 Å². The molecule has 0 saturated carbocycles. The van der Waals surface area contributed by atoms with E-state index < -0.39 is 10.1 Å². The molecule has 1 aliphatic carbocycles. The second-order valence-corrected chi connectivity index (χ2v) is 12.3. The highest BCUT2D eigenvalue weighted by Gasteiger charge is 2.17. The number of unbranched alkanes of at least 4 members (excludes halogenated alkanes) is 9. The van der Waals surface area contributed by atoms with E-state index in [4.69, 9.17) is 27.5 Å². The summed E-state index contributed by atoms with van der Waals surface area (Å²) in [7, 11) is -4.06. The number of carbonyl (C=O) groups excluding carboxylic acids is 1. The Morgan fingerprint density at radius 1 is 0.825 bits per heavy atom. The normalized spacial score (nSPS) is 13.0. The van der Waals surface area contributed by atoms with E-state index >= 15 is 0 Å². The fourth-order valence-corrected chi connectivity index (χ4v) is 5.72. The van der Waals surface area contributed by atoms with Gasteiger partial charge in [-0.3, -0.25) is 9.08 Å². The van der Waals surface area contributed by atoms with E-state index in [-0.39, 0.29) is 10.6 Å². The molecule has 0 radical (unpaired) electrons. The van der Waals surface area contributed by atoms with Crippen LogP contribution in [0.15, 0.2) is 82.4 Å². The molecule has 0 saturated heterocycles. The van der Waals surface area contributed by atoms with E-state index in [2.05, 4.69) is 12.1 Å². The molecule has 40 heavy (non-hydrogen) atoms. The van der Waals surface area contributed by atoms with Gasteiger partial charge in [-0.2, -0.15) is 8.42 Å². The molecule has 8 heteroatoms. The van der Waals surface area contributed by atoms with Gasteiger partial charge in [0, 0.05) is 16.2 Å². The molecule has 0 atom stereocenters. The lowest BCUT2D eigenvalue weighted by molar-refractivity contribution is -0.103. The molecule has 0 N–H and O–H groups in total. The van der Waals surface area contributed by atoms with E-state index in [1.807, 2.05) is 12.1 Å². The molecule has 3 rings (SSSR count). The van der Waals surface area contributed by atoms with Crippen LogP contribution in [0.5, 0.6) is 0 Å². The van der Waals surface area contributed by atoms with Crippen LogP contribution in [0.3, 0.4) is 0 Å². The maximum absolute atomic E-state index is 12.6. The van der Waals surface area contributed by atoms with Gasteiger partial charge in [0.15, 0.2) is 6.29 Å². The zero-order valence-electron chi connectivity index (χ0n) is 23.0. The molecular formula is C32H37Cl2NO4S. The van der Waals surface area contributed by atoms with Crippen molar-refractivity contribution in [3.8, 4) is 0 Å². The van der Waals surface area contributed by atoms with Gasteiger partial charge in [0.2, 0.25) is 0 Å². The maximum atomic E-state index is 12.6. The van der Waals surface area contributed by atoms with Crippen molar-refractivity contribution in [2.45, 2.75) is 82.4 Å². The Labute approximate surface area is 248 Å². The molecule has 5 nitrogen and oxygen atoms in total. The van der Waals surface area contributed by atoms with Crippen molar-refractivity contribution in [2.24, 2.45) is 5.16 Å². The molecule has 2 aromatic carbocycles. The summed E-state index contributed by atoms with van der Waals surface area (Å²) in [4.78, 5) is 11.8. The second kappa shape index (κ2) is 16.6. The van der Waals surface area contributed by atoms with Crippen LogP contribution < -0.4 is 0 Å². The third-order valence-corrected chi connectivity index (χ3v) is 8.46. The zero-order valence-corrected chi connectivity index (χ0v) is 25.3. The fourth-order valence-electron chi connectivity index (χ4n) is 4.47. The maximum Gasteiger partial charge on any atom is 0.358 e. The summed E-state index contributed by atoms with van der Waals surface area (Å²) in [6.07, 6.45) is 20.9. The number of rotatable bonds is 16. The van der Waals surface area contributed by atoms with Crippen molar-refractivity contribution in [3.05, 3.63) is 93.5 Å². The minimum atomic E-state index is -4.06. The first kappa shape index (κ1) is 31.9. The second-order valence-electron chi connectivity index (χ2n) is 9.90. The lowest BCUT2D eigenvalue weighted by Crippen LogP contribution is -2.05. The molecule has 0 heterocycles. The van der Waals surface area contributed by atoms with Gasteiger partial charge in [-0.1, -0.05) is 123 Å². The minimum absolute atomic E-state index is 0.0497. The summed E-state index contributed by atoms with van der Waals surface area (Å²) in [5.41, 5.74) is 2.91. The monoisotopic (exact) mass is 601 g/mol. The average molecular weight is 603 g/mol. The number of allylic oxidation sites excluding steroid dienone is 6. The number of nitrogens with zero attached hydrogens (tertiary/aromatic N) is 1. The molecule has 214 valence electrons. The third-order valence-electron chi connectivity index (χ3n) is 6.79. The number of carbonyl (C=O) groups is 1. The smallest absolute Gasteiger partial charge is 0.298 e. The Morgan fingerprint density at radius 2 is 1.43 bits per heavy atom. The number of halogens is 2. The lowest BCUT2D eigenvalue weighted by atomic mass is 9.97. The van der Waals surface area contributed by atoms with Crippen molar-refractivity contribution in [1.29, 1.82) is 0 Å². The highest BCUT2D eigenvalue weighted by atomic mass is 35.5. The Bertz CT molecular complexity index is 1340. The minimum Gasteiger partial charge on any atom is -0.298 e. The average Bonchev–Trinajstić information content (AvgIpc) is 2.95. The van der Waals surface area contributed by atoms with Gasteiger partial charge >= 0.3 is 10.1 Å². The Morgan fingerprint density at radius 3 is 2.00 bits per heavy atom. The van der Waals surface area contributed by atoms with Crippen LogP contribution in [0.4, 0.5) is 0 Å². The van der Waals surface area contributed by atoms with Gasteiger partial charge in [-0.25, -0.2) is 0 Å². The van der Waals surface area contributed by atoms with E-state index in [0.717, 1.165) is 18.4 Å². The molecule has 0 bridgehead atoms. The summed E-state index contributed by atoms with van der Waals surface area (Å²) in [6, 6.07) is 11.7. The molecular weight excluding hydrogens is 565 g/mol. The van der Waals surface area contributed by atoms with Gasteiger partial charge in [-0.05, 0) is 60.4 Å². The Balaban J connectivity index is 1.48. The van der Waals surface area contributed by atoms with Gasteiger partial charge in [0.1, 0.15) is 10.6 Å². The fraction of sp³-hybridized carbons (Fsp3) is 0.375. The number of hydrogen-bond donors (Lipinski definition) is 0. The predicted molar refractivity (Wildman–Crippen MR) is 165 cm³/mol. The van der Waals surface area contributed by atoms with Crippen LogP contribution in [-0.4, -0.2) is 20.4 Å².